The molecule has 2 aromatic carbocycles. The minimum absolute atomic E-state index is 0.0493. The highest BCUT2D eigenvalue weighted by Crippen LogP contribution is 2.35. The van der Waals surface area contributed by atoms with E-state index in [1.54, 1.807) is 23.1 Å². The van der Waals surface area contributed by atoms with Crippen LogP contribution in [0.4, 0.5) is 13.2 Å². The van der Waals surface area contributed by atoms with Crippen LogP contribution in [0.3, 0.4) is 0 Å². The Hall–Kier alpha value is -3.50. The number of hydrogen-bond donors (Lipinski definition) is 0. The Morgan fingerprint density at radius 3 is 2.64 bits per heavy atom. The molecule has 2 aromatic heterocycles. The zero-order chi connectivity index (χ0) is 25.0. The lowest BCUT2D eigenvalue weighted by Crippen LogP contribution is -2.37. The van der Waals surface area contributed by atoms with Gasteiger partial charge in [-0.15, -0.1) is 5.10 Å². The molecule has 1 aliphatic heterocycles. The van der Waals surface area contributed by atoms with Crippen molar-refractivity contribution in [1.29, 1.82) is 0 Å². The number of ether oxygens (including phenoxy) is 1. The Morgan fingerprint density at radius 2 is 1.92 bits per heavy atom. The monoisotopic (exact) mass is 497 g/mol. The number of aromatic nitrogens is 4. The SMILES string of the molecule is FC(F)(F)c1cccc(C(c2nnnn2Cc2ccccc2)N(Cc2ccco2)CC2CCCO2)c1. The number of alkyl halides is 3. The van der Waals surface area contributed by atoms with Gasteiger partial charge in [0.05, 0.1) is 37.1 Å². The average molecular weight is 498 g/mol. The molecule has 0 amide bonds. The van der Waals surface area contributed by atoms with Crippen molar-refractivity contribution in [3.8, 4) is 0 Å². The zero-order valence-electron chi connectivity index (χ0n) is 19.5. The molecule has 4 aromatic rings. The van der Waals surface area contributed by atoms with Crippen molar-refractivity contribution < 1.29 is 22.3 Å². The van der Waals surface area contributed by atoms with Crippen LogP contribution < -0.4 is 0 Å². The predicted molar refractivity (Wildman–Crippen MR) is 125 cm³/mol. The van der Waals surface area contributed by atoms with Crippen LogP contribution in [0.1, 0.15) is 47.2 Å². The van der Waals surface area contributed by atoms with Crippen molar-refractivity contribution in [3.05, 3.63) is 101 Å². The van der Waals surface area contributed by atoms with Crippen LogP contribution in [0.2, 0.25) is 0 Å². The minimum atomic E-state index is -4.48. The highest BCUT2D eigenvalue weighted by Gasteiger charge is 2.35. The van der Waals surface area contributed by atoms with Crippen LogP contribution in [-0.4, -0.2) is 44.4 Å². The Balaban J connectivity index is 1.59. The third-order valence-electron chi connectivity index (χ3n) is 6.28. The minimum Gasteiger partial charge on any atom is -0.468 e. The van der Waals surface area contributed by atoms with E-state index in [0.29, 0.717) is 43.4 Å². The number of furan rings is 1. The van der Waals surface area contributed by atoms with Crippen molar-refractivity contribution in [2.75, 3.05) is 13.2 Å². The summed E-state index contributed by atoms with van der Waals surface area (Å²) in [6, 6.07) is 18.0. The number of rotatable bonds is 9. The summed E-state index contributed by atoms with van der Waals surface area (Å²) in [7, 11) is 0. The molecule has 2 unspecified atom stereocenters. The van der Waals surface area contributed by atoms with Gasteiger partial charge in [-0.2, -0.15) is 13.2 Å². The van der Waals surface area contributed by atoms with Crippen LogP contribution in [-0.2, 0) is 24.0 Å². The normalized spacial score (nSPS) is 17.1. The number of halogens is 3. The molecular weight excluding hydrogens is 471 g/mol. The summed E-state index contributed by atoms with van der Waals surface area (Å²) in [5.74, 6) is 1.13. The Labute approximate surface area is 206 Å². The van der Waals surface area contributed by atoms with Crippen molar-refractivity contribution in [3.63, 3.8) is 0 Å². The first kappa shape index (κ1) is 24.2. The average Bonchev–Trinajstić information content (AvgIpc) is 3.65. The lowest BCUT2D eigenvalue weighted by Gasteiger charge is -2.32. The highest BCUT2D eigenvalue weighted by molar-refractivity contribution is 5.32. The van der Waals surface area contributed by atoms with E-state index in [2.05, 4.69) is 15.5 Å². The second kappa shape index (κ2) is 10.6. The summed E-state index contributed by atoms with van der Waals surface area (Å²) in [6.45, 7) is 1.89. The molecule has 2 atom stereocenters. The quantitative estimate of drug-likeness (QED) is 0.320. The van der Waals surface area contributed by atoms with E-state index in [4.69, 9.17) is 9.15 Å². The van der Waals surface area contributed by atoms with Gasteiger partial charge in [0.15, 0.2) is 5.82 Å². The standard InChI is InChI=1S/C26H26F3N5O2/c27-26(28,29)21-10-4-9-20(15-21)24(25-30-31-32-34(25)16-19-7-2-1-3-8-19)33(17-22-11-5-13-35-22)18-23-12-6-14-36-23/h1-5,7-11,13,15,23-24H,6,12,14,16-18H2. The van der Waals surface area contributed by atoms with E-state index in [0.717, 1.165) is 24.5 Å². The van der Waals surface area contributed by atoms with E-state index in [-0.39, 0.29) is 6.10 Å². The smallest absolute Gasteiger partial charge is 0.416 e. The fourth-order valence-corrected chi connectivity index (χ4v) is 4.60. The van der Waals surface area contributed by atoms with E-state index < -0.39 is 17.8 Å². The summed E-state index contributed by atoms with van der Waals surface area (Å²) in [5.41, 5.74) is 0.700. The molecule has 0 spiro atoms. The van der Waals surface area contributed by atoms with Gasteiger partial charge in [0, 0.05) is 13.2 Å². The van der Waals surface area contributed by atoms with Gasteiger partial charge in [0.2, 0.25) is 0 Å². The van der Waals surface area contributed by atoms with Gasteiger partial charge in [-0.3, -0.25) is 4.90 Å². The van der Waals surface area contributed by atoms with Gasteiger partial charge >= 0.3 is 6.18 Å². The van der Waals surface area contributed by atoms with Crippen LogP contribution >= 0.6 is 0 Å². The topological polar surface area (TPSA) is 69.2 Å². The molecular formula is C26H26F3N5O2. The van der Waals surface area contributed by atoms with Crippen molar-refractivity contribution in [2.24, 2.45) is 0 Å². The first-order valence-electron chi connectivity index (χ1n) is 11.8. The van der Waals surface area contributed by atoms with E-state index in [1.165, 1.54) is 12.1 Å². The molecule has 188 valence electrons. The molecule has 0 saturated carbocycles. The number of benzene rings is 2. The van der Waals surface area contributed by atoms with Gasteiger partial charge in [0.25, 0.3) is 0 Å². The molecule has 1 saturated heterocycles. The fourth-order valence-electron chi connectivity index (χ4n) is 4.60. The maximum Gasteiger partial charge on any atom is 0.416 e. The Morgan fingerprint density at radius 1 is 1.06 bits per heavy atom. The van der Waals surface area contributed by atoms with Crippen LogP contribution in [0.25, 0.3) is 0 Å². The summed E-state index contributed by atoms with van der Waals surface area (Å²) < 4.78 is 54.2. The molecule has 0 aliphatic carbocycles. The number of nitrogens with zero attached hydrogens (tertiary/aromatic N) is 5. The zero-order valence-corrected chi connectivity index (χ0v) is 19.5. The molecule has 10 heteroatoms. The predicted octanol–water partition coefficient (Wildman–Crippen LogP) is 5.10. The third-order valence-corrected chi connectivity index (χ3v) is 6.28. The maximum atomic E-state index is 13.7. The van der Waals surface area contributed by atoms with Crippen LogP contribution in [0.5, 0.6) is 0 Å². The summed E-state index contributed by atoms with van der Waals surface area (Å²) >= 11 is 0. The van der Waals surface area contributed by atoms with Gasteiger partial charge in [-0.1, -0.05) is 42.5 Å². The maximum absolute atomic E-state index is 13.7. The molecule has 0 bridgehead atoms. The molecule has 5 rings (SSSR count). The largest absolute Gasteiger partial charge is 0.468 e. The van der Waals surface area contributed by atoms with E-state index in [1.807, 2.05) is 41.3 Å². The Bertz CT molecular complexity index is 1240. The lowest BCUT2D eigenvalue weighted by molar-refractivity contribution is -0.137. The van der Waals surface area contributed by atoms with Gasteiger partial charge < -0.3 is 9.15 Å². The second-order valence-electron chi connectivity index (χ2n) is 8.85. The highest BCUT2D eigenvalue weighted by atomic mass is 19.4. The van der Waals surface area contributed by atoms with Crippen LogP contribution in [0, 0.1) is 0 Å². The number of tetrazole rings is 1. The number of hydrogen-bond acceptors (Lipinski definition) is 6. The molecule has 1 fully saturated rings. The van der Waals surface area contributed by atoms with Crippen LogP contribution in [0.15, 0.2) is 77.4 Å². The lowest BCUT2D eigenvalue weighted by atomic mass is 10.00. The van der Waals surface area contributed by atoms with E-state index in [9.17, 15) is 13.2 Å². The third kappa shape index (κ3) is 5.66. The van der Waals surface area contributed by atoms with Gasteiger partial charge in [-0.25, -0.2) is 4.68 Å². The molecule has 1 aliphatic rings. The summed E-state index contributed by atoms with van der Waals surface area (Å²) in [4.78, 5) is 2.04. The molecule has 0 radical (unpaired) electrons. The molecule has 7 nitrogen and oxygen atoms in total. The fraction of sp³-hybridized carbons (Fsp3) is 0.346. The molecule has 0 N–H and O–H groups in total. The van der Waals surface area contributed by atoms with Gasteiger partial charge in [0.1, 0.15) is 5.76 Å². The van der Waals surface area contributed by atoms with Crippen molar-refractivity contribution in [2.45, 2.75) is 44.3 Å². The van der Waals surface area contributed by atoms with E-state index >= 15 is 0 Å². The summed E-state index contributed by atoms with van der Waals surface area (Å²) in [6.07, 6.45) is -1.13. The molecule has 3 heterocycles. The first-order chi connectivity index (χ1) is 17.5. The second-order valence-corrected chi connectivity index (χ2v) is 8.85. The summed E-state index contributed by atoms with van der Waals surface area (Å²) in [5, 5.41) is 12.4. The van der Waals surface area contributed by atoms with Crippen molar-refractivity contribution >= 4 is 0 Å². The van der Waals surface area contributed by atoms with Crippen molar-refractivity contribution in [1.82, 2.24) is 25.1 Å². The van der Waals surface area contributed by atoms with Gasteiger partial charge in [-0.05, 0) is 58.7 Å². The molecule has 36 heavy (non-hydrogen) atoms. The Kier molecular flexibility index (Phi) is 7.15. The first-order valence-corrected chi connectivity index (χ1v) is 11.8.